The van der Waals surface area contributed by atoms with E-state index in [-0.39, 0.29) is 18.2 Å². The molecule has 1 aromatic carbocycles. The molecule has 2 rings (SSSR count). The van der Waals surface area contributed by atoms with Gasteiger partial charge < -0.3 is 15.8 Å². The first-order valence-electron chi connectivity index (χ1n) is 6.59. The maximum Gasteiger partial charge on any atom is 0.240 e. The number of amides is 2. The molecule has 1 saturated heterocycles. The summed E-state index contributed by atoms with van der Waals surface area (Å²) in [6.07, 6.45) is 0.803. The van der Waals surface area contributed by atoms with Crippen LogP contribution in [0.1, 0.15) is 12.0 Å². The van der Waals surface area contributed by atoms with Gasteiger partial charge in [-0.05, 0) is 24.1 Å². The molecule has 0 bridgehead atoms. The van der Waals surface area contributed by atoms with Crippen LogP contribution in [-0.2, 0) is 20.7 Å². The van der Waals surface area contributed by atoms with E-state index < -0.39 is 11.9 Å². The summed E-state index contributed by atoms with van der Waals surface area (Å²) < 4.78 is 5.16. The number of hydrogen-bond acceptors (Lipinski definition) is 3. The first-order chi connectivity index (χ1) is 9.99. The molecule has 1 aromatic rings. The second-order valence-electron chi connectivity index (χ2n) is 4.93. The number of primary amides is 1. The van der Waals surface area contributed by atoms with Crippen LogP contribution in [0.25, 0.3) is 0 Å². The molecule has 0 aromatic heterocycles. The molecule has 1 aliphatic rings. The summed E-state index contributed by atoms with van der Waals surface area (Å²) in [6, 6.07) is 4.21. The van der Waals surface area contributed by atoms with Gasteiger partial charge in [-0.25, -0.2) is 0 Å². The van der Waals surface area contributed by atoms with Gasteiger partial charge in [0, 0.05) is 23.1 Å². The highest BCUT2D eigenvalue weighted by molar-refractivity contribution is 6.36. The monoisotopic (exact) mass is 330 g/mol. The Bertz CT molecular complexity index is 525. The summed E-state index contributed by atoms with van der Waals surface area (Å²) in [5, 5.41) is 3.53. The van der Waals surface area contributed by atoms with Gasteiger partial charge in [0.15, 0.2) is 0 Å². The van der Waals surface area contributed by atoms with Gasteiger partial charge in [-0.1, -0.05) is 29.3 Å². The van der Waals surface area contributed by atoms with Crippen molar-refractivity contribution in [3.8, 4) is 0 Å². The Morgan fingerprint density at radius 2 is 2.05 bits per heavy atom. The van der Waals surface area contributed by atoms with Crippen molar-refractivity contribution >= 4 is 35.0 Å². The minimum absolute atomic E-state index is 0.160. The molecule has 0 saturated carbocycles. The zero-order chi connectivity index (χ0) is 15.4. The summed E-state index contributed by atoms with van der Waals surface area (Å²) in [4.78, 5) is 23.6. The molecule has 21 heavy (non-hydrogen) atoms. The highest BCUT2D eigenvalue weighted by Crippen LogP contribution is 2.25. The van der Waals surface area contributed by atoms with Crippen molar-refractivity contribution in [2.75, 3.05) is 13.2 Å². The van der Waals surface area contributed by atoms with Gasteiger partial charge in [-0.15, -0.1) is 0 Å². The number of rotatable bonds is 5. The van der Waals surface area contributed by atoms with E-state index in [0.29, 0.717) is 35.2 Å². The molecule has 3 N–H and O–H groups in total. The van der Waals surface area contributed by atoms with Gasteiger partial charge in [-0.2, -0.15) is 0 Å². The molecule has 1 fully saturated rings. The van der Waals surface area contributed by atoms with E-state index in [1.807, 2.05) is 0 Å². The van der Waals surface area contributed by atoms with Gasteiger partial charge in [0.2, 0.25) is 11.8 Å². The topological polar surface area (TPSA) is 81.4 Å². The third kappa shape index (κ3) is 4.09. The summed E-state index contributed by atoms with van der Waals surface area (Å²) in [5.41, 5.74) is 5.95. The lowest BCUT2D eigenvalue weighted by Crippen LogP contribution is -2.48. The van der Waals surface area contributed by atoms with Crippen molar-refractivity contribution in [1.82, 2.24) is 5.32 Å². The summed E-state index contributed by atoms with van der Waals surface area (Å²) >= 11 is 12.1. The van der Waals surface area contributed by atoms with E-state index in [9.17, 15) is 9.59 Å². The van der Waals surface area contributed by atoms with E-state index in [1.165, 1.54) is 0 Å². The first kappa shape index (κ1) is 16.1. The zero-order valence-corrected chi connectivity index (χ0v) is 12.8. The number of carbonyl (C=O) groups is 2. The van der Waals surface area contributed by atoms with Gasteiger partial charge >= 0.3 is 0 Å². The molecule has 5 nitrogen and oxygen atoms in total. The van der Waals surface area contributed by atoms with Gasteiger partial charge in [0.25, 0.3) is 0 Å². The van der Waals surface area contributed by atoms with Crippen LogP contribution in [-0.4, -0.2) is 31.1 Å². The zero-order valence-electron chi connectivity index (χ0n) is 11.3. The van der Waals surface area contributed by atoms with Crippen molar-refractivity contribution in [1.29, 1.82) is 0 Å². The third-order valence-electron chi connectivity index (χ3n) is 3.43. The predicted octanol–water partition coefficient (Wildman–Crippen LogP) is 1.54. The molecular weight excluding hydrogens is 315 g/mol. The molecule has 0 aliphatic carbocycles. The summed E-state index contributed by atoms with van der Waals surface area (Å²) in [5.74, 6) is -1.11. The predicted molar refractivity (Wildman–Crippen MR) is 80.2 cm³/mol. The fraction of sp³-hybridized carbons (Fsp3) is 0.429. The standard InChI is InChI=1S/C14H16Cl2N2O3/c15-10-2-1-3-11(16)9(10)6-12(13(17)19)18-14(20)8-4-5-21-7-8/h1-3,8,12H,4-7H2,(H2,17,19)(H,18,20)/t8-,12-/m0/s1. The van der Waals surface area contributed by atoms with E-state index in [2.05, 4.69) is 5.32 Å². The maximum atomic E-state index is 12.1. The number of halogens is 2. The van der Waals surface area contributed by atoms with Crippen LogP contribution in [0.4, 0.5) is 0 Å². The minimum Gasteiger partial charge on any atom is -0.381 e. The van der Waals surface area contributed by atoms with Crippen LogP contribution in [0.5, 0.6) is 0 Å². The number of nitrogens with two attached hydrogens (primary N) is 1. The molecule has 0 radical (unpaired) electrons. The SMILES string of the molecule is NC(=O)[C@H](Cc1c(Cl)cccc1Cl)NC(=O)[C@H]1CCOC1. The van der Waals surface area contributed by atoms with Crippen LogP contribution in [0, 0.1) is 5.92 Å². The molecule has 2 atom stereocenters. The smallest absolute Gasteiger partial charge is 0.240 e. The number of carbonyl (C=O) groups excluding carboxylic acids is 2. The highest BCUT2D eigenvalue weighted by Gasteiger charge is 2.28. The lowest BCUT2D eigenvalue weighted by Gasteiger charge is -2.19. The van der Waals surface area contributed by atoms with Crippen molar-refractivity contribution < 1.29 is 14.3 Å². The van der Waals surface area contributed by atoms with Gasteiger partial charge in [0.1, 0.15) is 6.04 Å². The van der Waals surface area contributed by atoms with Gasteiger partial charge in [-0.3, -0.25) is 9.59 Å². The largest absolute Gasteiger partial charge is 0.381 e. The van der Waals surface area contributed by atoms with Crippen LogP contribution in [0.2, 0.25) is 10.0 Å². The molecule has 7 heteroatoms. The summed E-state index contributed by atoms with van der Waals surface area (Å²) in [6.45, 7) is 0.916. The van der Waals surface area contributed by atoms with E-state index >= 15 is 0 Å². The molecule has 1 aliphatic heterocycles. The number of hydrogen-bond donors (Lipinski definition) is 2. The van der Waals surface area contributed by atoms with E-state index in [1.54, 1.807) is 18.2 Å². The molecule has 1 heterocycles. The number of nitrogens with one attached hydrogen (secondary N) is 1. The Kier molecular flexibility index (Phi) is 5.45. The molecular formula is C14H16Cl2N2O3. The third-order valence-corrected chi connectivity index (χ3v) is 4.14. The normalized spacial score (nSPS) is 19.2. The van der Waals surface area contributed by atoms with E-state index in [4.69, 9.17) is 33.7 Å². The Morgan fingerprint density at radius 1 is 1.38 bits per heavy atom. The lowest BCUT2D eigenvalue weighted by molar-refractivity contribution is -0.129. The van der Waals surface area contributed by atoms with Crippen molar-refractivity contribution in [2.24, 2.45) is 11.7 Å². The fourth-order valence-electron chi connectivity index (χ4n) is 2.19. The number of ether oxygens (including phenoxy) is 1. The Labute approximate surface area is 132 Å². The first-order valence-corrected chi connectivity index (χ1v) is 7.35. The fourth-order valence-corrected chi connectivity index (χ4v) is 2.74. The van der Waals surface area contributed by atoms with Crippen LogP contribution >= 0.6 is 23.2 Å². The minimum atomic E-state index is -0.851. The Morgan fingerprint density at radius 3 is 2.57 bits per heavy atom. The second-order valence-corrected chi connectivity index (χ2v) is 5.74. The average Bonchev–Trinajstić information content (AvgIpc) is 2.95. The quantitative estimate of drug-likeness (QED) is 0.859. The second kappa shape index (κ2) is 7.11. The summed E-state index contributed by atoms with van der Waals surface area (Å²) in [7, 11) is 0. The van der Waals surface area contributed by atoms with Gasteiger partial charge in [0.05, 0.1) is 12.5 Å². The molecule has 0 unspecified atom stereocenters. The maximum absolute atomic E-state index is 12.1. The van der Waals surface area contributed by atoms with Crippen molar-refractivity contribution in [3.63, 3.8) is 0 Å². The van der Waals surface area contributed by atoms with E-state index in [0.717, 1.165) is 0 Å². The molecule has 0 spiro atoms. The Hall–Kier alpha value is -1.30. The highest BCUT2D eigenvalue weighted by atomic mass is 35.5. The Balaban J connectivity index is 2.09. The molecule has 2 amide bonds. The van der Waals surface area contributed by atoms with Crippen LogP contribution in [0.3, 0.4) is 0 Å². The average molecular weight is 331 g/mol. The van der Waals surface area contributed by atoms with Crippen LogP contribution < -0.4 is 11.1 Å². The van der Waals surface area contributed by atoms with Crippen molar-refractivity contribution in [3.05, 3.63) is 33.8 Å². The lowest BCUT2D eigenvalue weighted by atomic mass is 10.0. The number of benzene rings is 1. The molecule has 114 valence electrons. The van der Waals surface area contributed by atoms with Crippen molar-refractivity contribution in [2.45, 2.75) is 18.9 Å². The van der Waals surface area contributed by atoms with Crippen LogP contribution in [0.15, 0.2) is 18.2 Å².